The van der Waals surface area contributed by atoms with E-state index < -0.39 is 0 Å². The number of carbonyl (C=O) groups excluding carboxylic acids is 1. The monoisotopic (exact) mass is 346 g/mol. The van der Waals surface area contributed by atoms with Crippen LogP contribution >= 0.6 is 0 Å². The van der Waals surface area contributed by atoms with E-state index in [-0.39, 0.29) is 23.4 Å². The second kappa shape index (κ2) is 9.99. The molecular formula is C23H38O2. The van der Waals surface area contributed by atoms with Gasteiger partial charge in [0.1, 0.15) is 6.10 Å². The van der Waals surface area contributed by atoms with Crippen molar-refractivity contribution in [1.82, 2.24) is 0 Å². The van der Waals surface area contributed by atoms with Crippen molar-refractivity contribution in [3.8, 4) is 0 Å². The summed E-state index contributed by atoms with van der Waals surface area (Å²) in [5.74, 6) is 0.673. The maximum atomic E-state index is 12.3. The molecule has 0 N–H and O–H groups in total. The van der Waals surface area contributed by atoms with Crippen LogP contribution in [0.5, 0.6) is 0 Å². The lowest BCUT2D eigenvalue weighted by Crippen LogP contribution is -2.36. The topological polar surface area (TPSA) is 26.3 Å². The molecule has 0 saturated heterocycles. The third kappa shape index (κ3) is 8.56. The number of ether oxygens (including phenoxy) is 1. The maximum absolute atomic E-state index is 12.3. The van der Waals surface area contributed by atoms with Crippen LogP contribution in [0.2, 0.25) is 0 Å². The van der Waals surface area contributed by atoms with E-state index in [1.807, 2.05) is 0 Å². The van der Waals surface area contributed by atoms with Crippen LogP contribution in [-0.4, -0.2) is 12.1 Å². The van der Waals surface area contributed by atoms with Crippen LogP contribution < -0.4 is 0 Å². The van der Waals surface area contributed by atoms with Gasteiger partial charge in [-0.25, -0.2) is 0 Å². The summed E-state index contributed by atoms with van der Waals surface area (Å²) in [4.78, 5) is 12.3. The van der Waals surface area contributed by atoms with Gasteiger partial charge in [-0.2, -0.15) is 0 Å². The van der Waals surface area contributed by atoms with E-state index in [0.717, 1.165) is 25.7 Å². The van der Waals surface area contributed by atoms with Gasteiger partial charge >= 0.3 is 5.97 Å². The van der Waals surface area contributed by atoms with Gasteiger partial charge in [-0.15, -0.1) is 0 Å². The predicted molar refractivity (Wildman–Crippen MR) is 107 cm³/mol. The summed E-state index contributed by atoms with van der Waals surface area (Å²) in [5.41, 5.74) is 2.67. The third-order valence-corrected chi connectivity index (χ3v) is 4.86. The molecule has 0 aromatic heterocycles. The average molecular weight is 347 g/mol. The Hall–Kier alpha value is -1.31. The maximum Gasteiger partial charge on any atom is 0.306 e. The Morgan fingerprint density at radius 1 is 1.04 bits per heavy atom. The summed E-state index contributed by atoms with van der Waals surface area (Å²) in [5, 5.41) is 0. The minimum atomic E-state index is -0.0963. The number of rotatable bonds is 0. The van der Waals surface area contributed by atoms with Gasteiger partial charge in [0.25, 0.3) is 0 Å². The van der Waals surface area contributed by atoms with Gasteiger partial charge in [-0.1, -0.05) is 70.1 Å². The highest BCUT2D eigenvalue weighted by Gasteiger charge is 2.32. The first-order valence-corrected chi connectivity index (χ1v) is 9.78. The molecule has 2 heteroatoms. The summed E-state index contributed by atoms with van der Waals surface area (Å²) in [6, 6.07) is 0. The van der Waals surface area contributed by atoms with E-state index in [2.05, 4.69) is 72.8 Å². The van der Waals surface area contributed by atoms with Crippen molar-refractivity contribution in [3.05, 3.63) is 35.5 Å². The molecule has 0 aromatic rings. The molecule has 0 amide bonds. The van der Waals surface area contributed by atoms with Crippen molar-refractivity contribution in [3.63, 3.8) is 0 Å². The Labute approximate surface area is 155 Å². The molecule has 3 atom stereocenters. The zero-order valence-corrected chi connectivity index (χ0v) is 17.4. The Balaban J connectivity index is 2.98. The quantitative estimate of drug-likeness (QED) is 0.363. The lowest BCUT2D eigenvalue weighted by molar-refractivity contribution is -0.157. The van der Waals surface area contributed by atoms with Crippen LogP contribution in [0.1, 0.15) is 80.6 Å². The van der Waals surface area contributed by atoms with E-state index in [1.165, 1.54) is 11.1 Å². The largest absolute Gasteiger partial charge is 0.461 e. The van der Waals surface area contributed by atoms with Crippen molar-refractivity contribution < 1.29 is 9.53 Å². The number of cyclic esters (lactones) is 1. The van der Waals surface area contributed by atoms with Gasteiger partial charge < -0.3 is 4.74 Å². The molecule has 2 nitrogen and oxygen atoms in total. The van der Waals surface area contributed by atoms with E-state index in [4.69, 9.17) is 4.74 Å². The first kappa shape index (κ1) is 21.7. The smallest absolute Gasteiger partial charge is 0.306 e. The molecule has 0 bridgehead atoms. The second-order valence-corrected chi connectivity index (χ2v) is 8.88. The Morgan fingerprint density at radius 2 is 1.72 bits per heavy atom. The van der Waals surface area contributed by atoms with Crippen LogP contribution in [0, 0.1) is 17.3 Å². The summed E-state index contributed by atoms with van der Waals surface area (Å²) < 4.78 is 5.89. The van der Waals surface area contributed by atoms with Gasteiger partial charge in [-0.05, 0) is 50.9 Å². The molecular weight excluding hydrogens is 308 g/mol. The SMILES string of the molecule is C/C1=C\[C@H](C)C/C=C/[C@H](C)C(C(C)(C)C)OC(=O)CC/C(C)=C/CC1. The highest BCUT2D eigenvalue weighted by Crippen LogP contribution is 2.30. The van der Waals surface area contributed by atoms with E-state index >= 15 is 0 Å². The lowest BCUT2D eigenvalue weighted by atomic mass is 9.81. The highest BCUT2D eigenvalue weighted by atomic mass is 16.5. The number of hydrogen-bond acceptors (Lipinski definition) is 2. The second-order valence-electron chi connectivity index (χ2n) is 8.88. The van der Waals surface area contributed by atoms with Gasteiger partial charge in [0, 0.05) is 12.3 Å². The van der Waals surface area contributed by atoms with E-state index in [0.29, 0.717) is 12.3 Å². The summed E-state index contributed by atoms with van der Waals surface area (Å²) >= 11 is 0. The van der Waals surface area contributed by atoms with Gasteiger partial charge in [-0.3, -0.25) is 4.79 Å². The zero-order valence-electron chi connectivity index (χ0n) is 17.4. The number of allylic oxidation sites excluding steroid dienone is 5. The van der Waals surface area contributed by atoms with Gasteiger partial charge in [0.05, 0.1) is 0 Å². The Morgan fingerprint density at radius 3 is 2.36 bits per heavy atom. The molecule has 0 aliphatic carbocycles. The first-order chi connectivity index (χ1) is 11.6. The fourth-order valence-corrected chi connectivity index (χ4v) is 3.47. The van der Waals surface area contributed by atoms with Crippen LogP contribution in [0.15, 0.2) is 35.5 Å². The van der Waals surface area contributed by atoms with Crippen molar-refractivity contribution in [1.29, 1.82) is 0 Å². The molecule has 0 radical (unpaired) electrons. The number of esters is 1. The fraction of sp³-hybridized carbons (Fsp3) is 0.696. The van der Waals surface area contributed by atoms with Crippen molar-refractivity contribution in [2.75, 3.05) is 0 Å². The molecule has 0 saturated carbocycles. The molecule has 1 rings (SSSR count). The zero-order chi connectivity index (χ0) is 19.0. The molecule has 142 valence electrons. The van der Waals surface area contributed by atoms with Gasteiger partial charge in [0.15, 0.2) is 0 Å². The first-order valence-electron chi connectivity index (χ1n) is 9.78. The number of hydrogen-bond donors (Lipinski definition) is 0. The van der Waals surface area contributed by atoms with Crippen molar-refractivity contribution in [2.24, 2.45) is 17.3 Å². The fourth-order valence-electron chi connectivity index (χ4n) is 3.47. The lowest BCUT2D eigenvalue weighted by Gasteiger charge is -2.33. The van der Waals surface area contributed by atoms with E-state index in [9.17, 15) is 4.79 Å². The minimum Gasteiger partial charge on any atom is -0.461 e. The van der Waals surface area contributed by atoms with Crippen LogP contribution in [0.25, 0.3) is 0 Å². The summed E-state index contributed by atoms with van der Waals surface area (Å²) in [6.45, 7) is 15.2. The highest BCUT2D eigenvalue weighted by molar-refractivity contribution is 5.70. The molecule has 0 fully saturated rings. The molecule has 1 unspecified atom stereocenters. The molecule has 0 spiro atoms. The molecule has 25 heavy (non-hydrogen) atoms. The normalized spacial score (nSPS) is 33.6. The summed E-state index contributed by atoms with van der Waals surface area (Å²) in [7, 11) is 0. The van der Waals surface area contributed by atoms with Crippen LogP contribution in [0.3, 0.4) is 0 Å². The minimum absolute atomic E-state index is 0.0716. The molecule has 0 aromatic carbocycles. The Kier molecular flexibility index (Phi) is 8.68. The predicted octanol–water partition coefficient (Wildman–Crippen LogP) is 6.63. The Bertz CT molecular complexity index is 517. The average Bonchev–Trinajstić information content (AvgIpc) is 2.48. The van der Waals surface area contributed by atoms with E-state index in [1.54, 1.807) is 0 Å². The van der Waals surface area contributed by atoms with Gasteiger partial charge in [0.2, 0.25) is 0 Å². The van der Waals surface area contributed by atoms with Crippen LogP contribution in [0.4, 0.5) is 0 Å². The van der Waals surface area contributed by atoms with Crippen LogP contribution in [-0.2, 0) is 9.53 Å². The van der Waals surface area contributed by atoms with Crippen molar-refractivity contribution >= 4 is 5.97 Å². The third-order valence-electron chi connectivity index (χ3n) is 4.86. The summed E-state index contributed by atoms with van der Waals surface area (Å²) in [6.07, 6.45) is 13.5. The van der Waals surface area contributed by atoms with Crippen molar-refractivity contribution in [2.45, 2.75) is 86.7 Å². The molecule has 1 heterocycles. The number of carbonyl (C=O) groups is 1. The molecule has 1 aliphatic heterocycles. The molecule has 1 aliphatic rings. The standard InChI is InChI=1S/C23H38O2/c1-17-10-8-11-18(2)16-19(3)12-9-13-20(4)22(23(5,6)7)25-21(24)15-14-17/h9-10,13,16,19-20,22H,8,11-12,14-15H2,1-7H3/b13-9+,17-10+,18-16+/t19-,20+,22?/m1/s1.